The third-order valence-electron chi connectivity index (χ3n) is 6.76. The van der Waals surface area contributed by atoms with Crippen LogP contribution in [0.5, 0.6) is 0 Å². The van der Waals surface area contributed by atoms with Gasteiger partial charge in [-0.3, -0.25) is 14.4 Å². The van der Waals surface area contributed by atoms with Crippen LogP contribution in [0.4, 0.5) is 28.9 Å². The Morgan fingerprint density at radius 2 is 1.82 bits per heavy atom. The van der Waals surface area contributed by atoms with Gasteiger partial charge in [-0.15, -0.1) is 0 Å². The second-order valence-electron chi connectivity index (χ2n) is 9.28. The van der Waals surface area contributed by atoms with Gasteiger partial charge >= 0.3 is 0 Å². The van der Waals surface area contributed by atoms with E-state index in [-0.39, 0.29) is 23.0 Å². The summed E-state index contributed by atoms with van der Waals surface area (Å²) < 4.78 is 53.5. The van der Waals surface area contributed by atoms with E-state index in [9.17, 15) is 31.9 Å². The number of hydrogen-bond acceptors (Lipinski definition) is 6. The Bertz CT molecular complexity index is 1430. The van der Waals surface area contributed by atoms with Crippen molar-refractivity contribution in [2.75, 3.05) is 51.0 Å². The van der Waals surface area contributed by atoms with Gasteiger partial charge in [0.05, 0.1) is 16.9 Å². The lowest BCUT2D eigenvalue weighted by atomic mass is 10.0. The number of halogens is 4. The summed E-state index contributed by atoms with van der Waals surface area (Å²) in [6.07, 6.45) is -1.55. The number of piperazine rings is 1. The van der Waals surface area contributed by atoms with Gasteiger partial charge in [0.25, 0.3) is 12.3 Å². The number of aldehydes is 1. The van der Waals surface area contributed by atoms with E-state index in [4.69, 9.17) is 0 Å². The molecule has 1 atom stereocenters. The SMILES string of the molecule is CNC(=O)c1ccc(-c2cc(NC)c(N3CCN(C)C(C)C3)cc2F)cc1F.O=Cc1c[nH]c(=O)cc1C(F)F. The van der Waals surface area contributed by atoms with E-state index < -0.39 is 35.1 Å². The minimum absolute atomic E-state index is 0.0662. The third kappa shape index (κ3) is 6.87. The molecule has 1 saturated heterocycles. The molecule has 0 spiro atoms. The van der Waals surface area contributed by atoms with Crippen molar-refractivity contribution in [1.29, 1.82) is 0 Å². The van der Waals surface area contributed by atoms with Gasteiger partial charge in [0, 0.05) is 68.7 Å². The lowest BCUT2D eigenvalue weighted by Crippen LogP contribution is -2.50. The molecule has 1 unspecified atom stereocenters. The van der Waals surface area contributed by atoms with Gasteiger partial charge in [0.15, 0.2) is 6.29 Å². The Balaban J connectivity index is 0.000000307. The first-order valence-electron chi connectivity index (χ1n) is 12.4. The largest absolute Gasteiger partial charge is 0.386 e. The van der Waals surface area contributed by atoms with Crippen LogP contribution in [0.15, 0.2) is 47.4 Å². The van der Waals surface area contributed by atoms with Gasteiger partial charge in [-0.05, 0) is 43.8 Å². The lowest BCUT2D eigenvalue weighted by molar-refractivity contribution is 0.0958. The van der Waals surface area contributed by atoms with Gasteiger partial charge in [-0.1, -0.05) is 6.07 Å². The maximum absolute atomic E-state index is 15.0. The average Bonchev–Trinajstić information content (AvgIpc) is 2.94. The van der Waals surface area contributed by atoms with Crippen LogP contribution < -0.4 is 21.1 Å². The Kier molecular flexibility index (Phi) is 10.1. The second-order valence-corrected chi connectivity index (χ2v) is 9.28. The first kappa shape index (κ1) is 30.4. The van der Waals surface area contributed by atoms with E-state index in [0.717, 1.165) is 37.2 Å². The number of benzene rings is 2. The highest BCUT2D eigenvalue weighted by Gasteiger charge is 2.24. The predicted octanol–water partition coefficient (Wildman–Crippen LogP) is 4.30. The van der Waals surface area contributed by atoms with E-state index in [0.29, 0.717) is 17.7 Å². The Hall–Kier alpha value is -4.19. The molecule has 0 aliphatic carbocycles. The molecule has 4 rings (SSSR count). The molecule has 2 aromatic carbocycles. The molecular weight excluding hydrogens is 530 g/mol. The monoisotopic (exact) mass is 561 g/mol. The maximum atomic E-state index is 15.0. The molecular formula is C28H31F4N5O3. The maximum Gasteiger partial charge on any atom is 0.264 e. The van der Waals surface area contributed by atoms with Crippen LogP contribution in [0.1, 0.15) is 39.6 Å². The number of H-pyrrole nitrogens is 1. The van der Waals surface area contributed by atoms with Crippen molar-refractivity contribution < 1.29 is 27.2 Å². The normalized spacial score (nSPS) is 15.3. The van der Waals surface area contributed by atoms with Crippen LogP contribution in [-0.4, -0.2) is 68.9 Å². The fraction of sp³-hybridized carbons (Fsp3) is 0.321. The van der Waals surface area contributed by atoms with Gasteiger partial charge in [-0.2, -0.15) is 0 Å². The molecule has 3 aromatic rings. The minimum Gasteiger partial charge on any atom is -0.386 e. The quantitative estimate of drug-likeness (QED) is 0.307. The molecule has 1 aromatic heterocycles. The first-order chi connectivity index (χ1) is 19.0. The van der Waals surface area contributed by atoms with E-state index in [1.54, 1.807) is 19.2 Å². The zero-order chi connectivity index (χ0) is 29.6. The average molecular weight is 562 g/mol. The van der Waals surface area contributed by atoms with Crippen LogP contribution in [0.25, 0.3) is 11.1 Å². The summed E-state index contributed by atoms with van der Waals surface area (Å²) >= 11 is 0. The number of carbonyl (C=O) groups is 2. The summed E-state index contributed by atoms with van der Waals surface area (Å²) in [4.78, 5) is 39.0. The third-order valence-corrected chi connectivity index (χ3v) is 6.76. The number of pyridine rings is 1. The van der Waals surface area contributed by atoms with Crippen molar-refractivity contribution >= 4 is 23.6 Å². The number of alkyl halides is 2. The number of carbonyl (C=O) groups excluding carboxylic acids is 2. The zero-order valence-corrected chi connectivity index (χ0v) is 22.5. The number of amides is 1. The first-order valence-corrected chi connectivity index (χ1v) is 12.4. The summed E-state index contributed by atoms with van der Waals surface area (Å²) in [5, 5.41) is 5.52. The van der Waals surface area contributed by atoms with Gasteiger partial charge in [-0.25, -0.2) is 17.6 Å². The molecule has 1 aliphatic heterocycles. The number of nitrogens with zero attached hydrogens (tertiary/aromatic N) is 2. The van der Waals surface area contributed by atoms with Crippen molar-refractivity contribution in [3.05, 3.63) is 81.3 Å². The van der Waals surface area contributed by atoms with E-state index in [2.05, 4.69) is 39.4 Å². The molecule has 12 heteroatoms. The number of nitrogens with one attached hydrogen (secondary N) is 3. The fourth-order valence-corrected chi connectivity index (χ4v) is 4.30. The Morgan fingerprint density at radius 3 is 2.40 bits per heavy atom. The molecule has 0 radical (unpaired) electrons. The van der Waals surface area contributed by atoms with E-state index in [1.807, 2.05) is 0 Å². The van der Waals surface area contributed by atoms with Gasteiger partial charge in [0.2, 0.25) is 5.56 Å². The Labute approximate surface area is 229 Å². The van der Waals surface area contributed by atoms with Crippen LogP contribution in [0.2, 0.25) is 0 Å². The highest BCUT2D eigenvalue weighted by Crippen LogP contribution is 2.35. The van der Waals surface area contributed by atoms with Crippen LogP contribution in [0.3, 0.4) is 0 Å². The molecule has 1 aliphatic rings. The molecule has 0 bridgehead atoms. The highest BCUT2D eigenvalue weighted by atomic mass is 19.3. The molecule has 3 N–H and O–H groups in total. The van der Waals surface area contributed by atoms with Crippen LogP contribution >= 0.6 is 0 Å². The molecule has 214 valence electrons. The summed E-state index contributed by atoms with van der Waals surface area (Å²) in [7, 11) is 5.31. The smallest absolute Gasteiger partial charge is 0.264 e. The van der Waals surface area contributed by atoms with Crippen molar-refractivity contribution in [3.8, 4) is 11.1 Å². The molecule has 1 fully saturated rings. The van der Waals surface area contributed by atoms with Gasteiger partial charge in [0.1, 0.15) is 11.6 Å². The second kappa shape index (κ2) is 13.2. The number of rotatable bonds is 6. The molecule has 8 nitrogen and oxygen atoms in total. The van der Waals surface area contributed by atoms with Crippen molar-refractivity contribution in [2.45, 2.75) is 19.4 Å². The molecule has 1 amide bonds. The molecule has 0 saturated carbocycles. The number of hydrogen-bond donors (Lipinski definition) is 3. The zero-order valence-electron chi connectivity index (χ0n) is 22.5. The summed E-state index contributed by atoms with van der Waals surface area (Å²) in [5.74, 6) is -1.62. The van der Waals surface area contributed by atoms with Crippen LogP contribution in [-0.2, 0) is 0 Å². The lowest BCUT2D eigenvalue weighted by Gasteiger charge is -2.39. The van der Waals surface area contributed by atoms with Crippen molar-refractivity contribution in [2.24, 2.45) is 0 Å². The Morgan fingerprint density at radius 1 is 1.10 bits per heavy atom. The molecule has 40 heavy (non-hydrogen) atoms. The van der Waals surface area contributed by atoms with Crippen molar-refractivity contribution in [1.82, 2.24) is 15.2 Å². The number of anilines is 2. The van der Waals surface area contributed by atoms with Crippen LogP contribution in [0, 0.1) is 11.6 Å². The van der Waals surface area contributed by atoms with E-state index in [1.165, 1.54) is 25.2 Å². The standard InChI is InChI=1S/C21H26F2N4O.C7H5F2NO2/c1-13-12-27(8-7-26(13)4)20-11-18(23)16(10-19(20)24-2)14-5-6-15(17(22)9-14)21(28)25-3;8-7(9)5-1-6(12)10-2-4(5)3-11/h5-6,9-11,13,24H,7-8,12H2,1-4H3,(H,25,28);1-3,7H,(H,10,12). The summed E-state index contributed by atoms with van der Waals surface area (Å²) in [5.41, 5.74) is 0.822. The van der Waals surface area contributed by atoms with E-state index >= 15 is 0 Å². The fourth-order valence-electron chi connectivity index (χ4n) is 4.30. The summed E-state index contributed by atoms with van der Waals surface area (Å²) in [6, 6.07) is 8.41. The number of likely N-dealkylation sites (N-methyl/N-ethyl adjacent to an activating group) is 1. The number of aromatic nitrogens is 1. The topological polar surface area (TPSA) is 97.5 Å². The highest BCUT2D eigenvalue weighted by molar-refractivity contribution is 5.95. The summed E-state index contributed by atoms with van der Waals surface area (Å²) in [6.45, 7) is 4.66. The molecule has 2 heterocycles. The predicted molar refractivity (Wildman–Crippen MR) is 146 cm³/mol. The van der Waals surface area contributed by atoms with Crippen molar-refractivity contribution in [3.63, 3.8) is 0 Å². The van der Waals surface area contributed by atoms with Gasteiger partial charge < -0.3 is 25.4 Å². The number of aromatic amines is 1. The minimum atomic E-state index is -2.80.